The molecule has 0 saturated heterocycles. The van der Waals surface area contributed by atoms with Crippen LogP contribution in [0.25, 0.3) is 0 Å². The van der Waals surface area contributed by atoms with E-state index in [-0.39, 0.29) is 12.4 Å². The van der Waals surface area contributed by atoms with Gasteiger partial charge in [-0.25, -0.2) is 4.99 Å². The second kappa shape index (κ2) is 6.50. The molecule has 2 aromatic carbocycles. The highest BCUT2D eigenvalue weighted by atomic mass is 35.5. The second-order valence-electron chi connectivity index (χ2n) is 5.17. The Kier molecular flexibility index (Phi) is 4.92. The molecule has 0 amide bonds. The fourth-order valence-electron chi connectivity index (χ4n) is 2.67. The van der Waals surface area contributed by atoms with Crippen LogP contribution in [0.15, 0.2) is 53.5 Å². The number of aliphatic imine (C=N–C) groups is 1. The molecule has 1 unspecified atom stereocenters. The molecular weight excluding hydrogens is 303 g/mol. The lowest BCUT2D eigenvalue weighted by Crippen LogP contribution is -2.29. The van der Waals surface area contributed by atoms with E-state index in [1.54, 1.807) is 0 Å². The summed E-state index contributed by atoms with van der Waals surface area (Å²) in [5, 5.41) is 0.771. The average Bonchev–Trinajstić information content (AvgIpc) is 2.58. The molecule has 0 spiro atoms. The summed E-state index contributed by atoms with van der Waals surface area (Å²) in [5.41, 5.74) is 3.53. The number of fused-ring (bicyclic) bond motifs is 1. The van der Waals surface area contributed by atoms with Crippen molar-refractivity contribution in [1.82, 2.24) is 4.90 Å². The summed E-state index contributed by atoms with van der Waals surface area (Å²) in [6.07, 6.45) is 0.914. The van der Waals surface area contributed by atoms with E-state index in [1.807, 2.05) is 24.3 Å². The molecule has 1 aliphatic heterocycles. The van der Waals surface area contributed by atoms with Gasteiger partial charge in [0.2, 0.25) is 0 Å². The van der Waals surface area contributed by atoms with Gasteiger partial charge in [0.15, 0.2) is 0 Å². The fraction of sp³-hybridized carbons (Fsp3) is 0.235. The van der Waals surface area contributed by atoms with E-state index in [0.29, 0.717) is 6.04 Å². The predicted octanol–water partition coefficient (Wildman–Crippen LogP) is 5.04. The first-order valence-corrected chi connectivity index (χ1v) is 7.14. The van der Waals surface area contributed by atoms with Crippen molar-refractivity contribution >= 4 is 35.5 Å². The minimum Gasteiger partial charge on any atom is -0.356 e. The number of amidine groups is 1. The summed E-state index contributed by atoms with van der Waals surface area (Å²) in [7, 11) is 2.10. The first-order valence-electron chi connectivity index (χ1n) is 6.76. The Balaban J connectivity index is 0.00000161. The number of halogens is 2. The maximum Gasteiger partial charge on any atom is 0.102 e. The lowest BCUT2D eigenvalue weighted by Gasteiger charge is -2.28. The van der Waals surface area contributed by atoms with E-state index in [2.05, 4.69) is 43.1 Å². The molecular formula is C17H18Cl2N2. The molecule has 110 valence electrons. The first kappa shape index (κ1) is 15.9. The van der Waals surface area contributed by atoms with Crippen LogP contribution in [-0.4, -0.2) is 17.8 Å². The van der Waals surface area contributed by atoms with Crippen molar-refractivity contribution in [2.75, 3.05) is 7.05 Å². The van der Waals surface area contributed by atoms with E-state index in [9.17, 15) is 0 Å². The molecule has 1 aliphatic rings. The van der Waals surface area contributed by atoms with Crippen molar-refractivity contribution in [2.24, 2.45) is 4.99 Å². The molecule has 3 rings (SSSR count). The zero-order valence-corrected chi connectivity index (χ0v) is 13.7. The van der Waals surface area contributed by atoms with E-state index in [0.717, 1.165) is 23.0 Å². The molecule has 0 bridgehead atoms. The van der Waals surface area contributed by atoms with Gasteiger partial charge in [0, 0.05) is 12.1 Å². The largest absolute Gasteiger partial charge is 0.356 e. The molecule has 2 aromatic rings. The summed E-state index contributed by atoms with van der Waals surface area (Å²) in [6.45, 7) is 2.06. The summed E-state index contributed by atoms with van der Waals surface area (Å²) in [4.78, 5) is 6.96. The number of hydrogen-bond acceptors (Lipinski definition) is 2. The molecule has 0 fully saturated rings. The van der Waals surface area contributed by atoms with Crippen molar-refractivity contribution in [3.63, 3.8) is 0 Å². The molecule has 0 aliphatic carbocycles. The molecule has 0 N–H and O–H groups in total. The SMILES string of the molecule is CC1=Nc2ccc(Cl)cc2CC(c2ccccc2)N1C.Cl. The zero-order chi connectivity index (χ0) is 14.1. The topological polar surface area (TPSA) is 15.6 Å². The third-order valence-corrected chi connectivity index (χ3v) is 4.13. The van der Waals surface area contributed by atoms with Gasteiger partial charge >= 0.3 is 0 Å². The first-order chi connectivity index (χ1) is 9.65. The van der Waals surface area contributed by atoms with Crippen molar-refractivity contribution in [1.29, 1.82) is 0 Å². The second-order valence-corrected chi connectivity index (χ2v) is 5.61. The Hall–Kier alpha value is -1.51. The van der Waals surface area contributed by atoms with Crippen molar-refractivity contribution < 1.29 is 0 Å². The van der Waals surface area contributed by atoms with Crippen LogP contribution in [0.5, 0.6) is 0 Å². The minimum atomic E-state index is 0. The molecule has 1 heterocycles. The Bertz CT molecular complexity index is 653. The number of benzene rings is 2. The van der Waals surface area contributed by atoms with Crippen molar-refractivity contribution in [2.45, 2.75) is 19.4 Å². The normalized spacial score (nSPS) is 17.4. The number of likely N-dealkylation sites (N-methyl/N-ethyl adjacent to an activating group) is 1. The monoisotopic (exact) mass is 320 g/mol. The Morgan fingerprint density at radius 2 is 1.86 bits per heavy atom. The molecule has 0 aromatic heterocycles. The third kappa shape index (κ3) is 3.22. The highest BCUT2D eigenvalue weighted by Crippen LogP contribution is 2.34. The summed E-state index contributed by atoms with van der Waals surface area (Å²) >= 11 is 6.13. The van der Waals surface area contributed by atoms with Crippen molar-refractivity contribution in [3.8, 4) is 0 Å². The van der Waals surface area contributed by atoms with Crippen LogP contribution in [0.4, 0.5) is 5.69 Å². The van der Waals surface area contributed by atoms with E-state index < -0.39 is 0 Å². The van der Waals surface area contributed by atoms with E-state index in [1.165, 1.54) is 11.1 Å². The van der Waals surface area contributed by atoms with Gasteiger partial charge < -0.3 is 4.90 Å². The van der Waals surface area contributed by atoms with E-state index >= 15 is 0 Å². The zero-order valence-electron chi connectivity index (χ0n) is 12.1. The molecule has 4 heteroatoms. The maximum absolute atomic E-state index is 6.13. The Morgan fingerprint density at radius 1 is 1.14 bits per heavy atom. The van der Waals surface area contributed by atoms with E-state index in [4.69, 9.17) is 16.6 Å². The van der Waals surface area contributed by atoms with Crippen LogP contribution in [-0.2, 0) is 6.42 Å². The van der Waals surface area contributed by atoms with Crippen LogP contribution >= 0.6 is 24.0 Å². The third-order valence-electron chi connectivity index (χ3n) is 3.90. The Morgan fingerprint density at radius 3 is 2.57 bits per heavy atom. The summed E-state index contributed by atoms with van der Waals surface area (Å²) in [5.74, 6) is 1.03. The van der Waals surface area contributed by atoms with Crippen LogP contribution < -0.4 is 0 Å². The van der Waals surface area contributed by atoms with Gasteiger partial charge in [-0.3, -0.25) is 0 Å². The number of hydrogen-bond donors (Lipinski definition) is 0. The van der Waals surface area contributed by atoms with Gasteiger partial charge in [0.1, 0.15) is 5.84 Å². The molecule has 0 radical (unpaired) electrons. The summed E-state index contributed by atoms with van der Waals surface area (Å²) < 4.78 is 0. The summed E-state index contributed by atoms with van der Waals surface area (Å²) in [6, 6.07) is 16.8. The maximum atomic E-state index is 6.13. The predicted molar refractivity (Wildman–Crippen MR) is 92.1 cm³/mol. The van der Waals surface area contributed by atoms with Crippen molar-refractivity contribution in [3.05, 3.63) is 64.7 Å². The molecule has 0 saturated carbocycles. The molecule has 21 heavy (non-hydrogen) atoms. The average molecular weight is 321 g/mol. The lowest BCUT2D eigenvalue weighted by molar-refractivity contribution is 0.374. The van der Waals surface area contributed by atoms with Crippen LogP contribution in [0.3, 0.4) is 0 Å². The molecule has 1 atom stereocenters. The molecule has 2 nitrogen and oxygen atoms in total. The van der Waals surface area contributed by atoms with Gasteiger partial charge in [-0.15, -0.1) is 12.4 Å². The highest BCUT2D eigenvalue weighted by Gasteiger charge is 2.23. The van der Waals surface area contributed by atoms with Crippen LogP contribution in [0.1, 0.15) is 24.1 Å². The fourth-order valence-corrected chi connectivity index (χ4v) is 2.86. The van der Waals surface area contributed by atoms with Gasteiger partial charge in [-0.2, -0.15) is 0 Å². The van der Waals surface area contributed by atoms with Gasteiger partial charge in [-0.05, 0) is 42.7 Å². The smallest absolute Gasteiger partial charge is 0.102 e. The quantitative estimate of drug-likeness (QED) is 0.718. The number of rotatable bonds is 1. The van der Waals surface area contributed by atoms with Crippen LogP contribution in [0, 0.1) is 0 Å². The van der Waals surface area contributed by atoms with Gasteiger partial charge in [0.05, 0.1) is 11.7 Å². The number of nitrogens with zero attached hydrogens (tertiary/aromatic N) is 2. The standard InChI is InChI=1S/C17H17ClN2.ClH/c1-12-19-16-9-8-15(18)10-14(16)11-17(20(12)2)13-6-4-3-5-7-13;/h3-10,17H,11H2,1-2H3;1H. The minimum absolute atomic E-state index is 0. The van der Waals surface area contributed by atoms with Crippen LogP contribution in [0.2, 0.25) is 5.02 Å². The Labute approximate surface area is 136 Å². The van der Waals surface area contributed by atoms with Gasteiger partial charge in [0.25, 0.3) is 0 Å². The van der Waals surface area contributed by atoms with Gasteiger partial charge in [-0.1, -0.05) is 41.9 Å². The lowest BCUT2D eigenvalue weighted by atomic mass is 9.97. The highest BCUT2D eigenvalue weighted by molar-refractivity contribution is 6.30.